The number of likely N-dealkylation sites (tertiary alicyclic amines) is 1. The van der Waals surface area contributed by atoms with E-state index in [2.05, 4.69) is 15.0 Å². The maximum absolute atomic E-state index is 11.1. The summed E-state index contributed by atoms with van der Waals surface area (Å²) < 4.78 is 7.64. The topological polar surface area (TPSA) is 86.3 Å². The first kappa shape index (κ1) is 16.4. The van der Waals surface area contributed by atoms with Crippen molar-refractivity contribution in [1.29, 1.82) is 0 Å². The predicted octanol–water partition coefficient (Wildman–Crippen LogP) is 1.40. The third-order valence-corrected chi connectivity index (χ3v) is 4.34. The van der Waals surface area contributed by atoms with Gasteiger partial charge in [0.05, 0.1) is 6.04 Å². The van der Waals surface area contributed by atoms with Crippen LogP contribution >= 0.6 is 0 Å². The molecule has 7 nitrogen and oxygen atoms in total. The molecule has 1 unspecified atom stereocenters. The number of benzene rings is 1. The number of carbonyl (C=O) groups excluding carboxylic acids is 1. The van der Waals surface area contributed by atoms with E-state index in [0.717, 1.165) is 43.8 Å². The molecular weight excluding hydrogens is 306 g/mol. The Morgan fingerprint density at radius 3 is 3.00 bits per heavy atom. The zero-order valence-corrected chi connectivity index (χ0v) is 13.9. The normalized spacial score (nSPS) is 18.5. The lowest BCUT2D eigenvalue weighted by Gasteiger charge is -2.32. The number of nitrogens with two attached hydrogens (primary N) is 1. The van der Waals surface area contributed by atoms with Crippen molar-refractivity contribution in [3.05, 3.63) is 42.0 Å². The van der Waals surface area contributed by atoms with Gasteiger partial charge in [-0.25, -0.2) is 9.67 Å². The van der Waals surface area contributed by atoms with Crippen LogP contribution in [0.3, 0.4) is 0 Å². The third kappa shape index (κ3) is 3.91. The summed E-state index contributed by atoms with van der Waals surface area (Å²) in [7, 11) is 0. The first-order valence-corrected chi connectivity index (χ1v) is 8.25. The van der Waals surface area contributed by atoms with Gasteiger partial charge in [-0.1, -0.05) is 18.2 Å². The Morgan fingerprint density at radius 2 is 2.25 bits per heavy atom. The van der Waals surface area contributed by atoms with Gasteiger partial charge in [0.15, 0.2) is 0 Å². The quantitative estimate of drug-likeness (QED) is 0.866. The van der Waals surface area contributed by atoms with Gasteiger partial charge in [0.25, 0.3) is 5.91 Å². The average Bonchev–Trinajstić information content (AvgIpc) is 3.07. The number of nitrogens with zero attached hydrogens (tertiary/aromatic N) is 4. The van der Waals surface area contributed by atoms with Crippen molar-refractivity contribution in [3.63, 3.8) is 0 Å². The molecule has 1 amide bonds. The lowest BCUT2D eigenvalue weighted by molar-refractivity contribution is 0.0988. The van der Waals surface area contributed by atoms with E-state index in [4.69, 9.17) is 10.5 Å². The van der Waals surface area contributed by atoms with Gasteiger partial charge in [0.1, 0.15) is 18.7 Å². The highest BCUT2D eigenvalue weighted by Gasteiger charge is 2.22. The predicted molar refractivity (Wildman–Crippen MR) is 89.9 cm³/mol. The smallest absolute Gasteiger partial charge is 0.288 e. The van der Waals surface area contributed by atoms with Crippen molar-refractivity contribution in [2.24, 2.45) is 5.73 Å². The number of ether oxygens (including phenoxy) is 1. The molecule has 1 aromatic heterocycles. The van der Waals surface area contributed by atoms with Gasteiger partial charge in [-0.3, -0.25) is 9.69 Å². The molecule has 1 aromatic carbocycles. The van der Waals surface area contributed by atoms with E-state index < -0.39 is 5.91 Å². The highest BCUT2D eigenvalue weighted by molar-refractivity contribution is 5.88. The lowest BCUT2D eigenvalue weighted by Crippen LogP contribution is -2.39. The van der Waals surface area contributed by atoms with Gasteiger partial charge in [-0.05, 0) is 37.9 Å². The van der Waals surface area contributed by atoms with Gasteiger partial charge in [0, 0.05) is 13.1 Å². The fraction of sp³-hybridized carbons (Fsp3) is 0.471. The Bertz CT molecular complexity index is 700. The maximum Gasteiger partial charge on any atom is 0.288 e. The van der Waals surface area contributed by atoms with Gasteiger partial charge < -0.3 is 10.5 Å². The molecule has 2 heterocycles. The summed E-state index contributed by atoms with van der Waals surface area (Å²) >= 11 is 0. The van der Waals surface area contributed by atoms with Crippen LogP contribution < -0.4 is 10.5 Å². The molecule has 1 fully saturated rings. The number of hydrogen-bond donors (Lipinski definition) is 1. The molecular formula is C17H23N5O2. The van der Waals surface area contributed by atoms with Crippen LogP contribution in [0.15, 0.2) is 30.6 Å². The second kappa shape index (κ2) is 7.44. The minimum absolute atomic E-state index is 0.0787. The summed E-state index contributed by atoms with van der Waals surface area (Å²) in [5.74, 6) is 0.427. The highest BCUT2D eigenvalue weighted by atomic mass is 16.5. The number of para-hydroxylation sites is 1. The summed E-state index contributed by atoms with van der Waals surface area (Å²) in [6, 6.07) is 8.26. The van der Waals surface area contributed by atoms with Crippen LogP contribution in [0.1, 0.15) is 35.1 Å². The summed E-state index contributed by atoms with van der Waals surface area (Å²) in [5.41, 5.74) is 6.36. The van der Waals surface area contributed by atoms with Crippen LogP contribution in [0.5, 0.6) is 5.75 Å². The third-order valence-electron chi connectivity index (χ3n) is 4.34. The molecule has 1 aliphatic heterocycles. The van der Waals surface area contributed by atoms with Gasteiger partial charge >= 0.3 is 0 Å². The number of aryl methyl sites for hydroxylation is 1. The first-order chi connectivity index (χ1) is 11.6. The molecule has 2 N–H and O–H groups in total. The second-order valence-corrected chi connectivity index (χ2v) is 6.12. The number of aromatic nitrogens is 3. The second-order valence-electron chi connectivity index (χ2n) is 6.12. The standard InChI is InChI=1S/C17H23N5O2/c1-13-5-2-3-7-15(13)24-10-9-21-8-4-6-14(11-21)22-12-19-17(20-22)16(18)23/h2-3,5,7,12,14H,4,6,8-11H2,1H3,(H2,18,23). The molecule has 1 aliphatic rings. The molecule has 0 radical (unpaired) electrons. The van der Waals surface area contributed by atoms with E-state index in [9.17, 15) is 4.79 Å². The van der Waals surface area contributed by atoms with E-state index in [0.29, 0.717) is 6.61 Å². The Balaban J connectivity index is 1.52. The summed E-state index contributed by atoms with van der Waals surface area (Å²) in [6.07, 6.45) is 3.70. The summed E-state index contributed by atoms with van der Waals surface area (Å²) in [4.78, 5) is 17.4. The number of rotatable bonds is 6. The van der Waals surface area contributed by atoms with E-state index in [1.165, 1.54) is 0 Å². The van der Waals surface area contributed by atoms with Gasteiger partial charge in [-0.15, -0.1) is 5.10 Å². The fourth-order valence-corrected chi connectivity index (χ4v) is 3.02. The fourth-order valence-electron chi connectivity index (χ4n) is 3.02. The monoisotopic (exact) mass is 329 g/mol. The molecule has 7 heteroatoms. The van der Waals surface area contributed by atoms with Crippen LogP contribution in [0.4, 0.5) is 0 Å². The largest absolute Gasteiger partial charge is 0.492 e. The minimum atomic E-state index is -0.590. The van der Waals surface area contributed by atoms with Crippen molar-refractivity contribution in [3.8, 4) is 5.75 Å². The summed E-state index contributed by atoms with van der Waals surface area (Å²) in [5, 5.41) is 4.18. The molecule has 128 valence electrons. The van der Waals surface area contributed by atoms with Crippen molar-refractivity contribution in [2.75, 3.05) is 26.2 Å². The summed E-state index contributed by atoms with van der Waals surface area (Å²) in [6.45, 7) is 5.49. The Labute approximate surface area is 141 Å². The van der Waals surface area contributed by atoms with Crippen LogP contribution in [0.25, 0.3) is 0 Å². The van der Waals surface area contributed by atoms with Crippen LogP contribution in [0, 0.1) is 6.92 Å². The Morgan fingerprint density at radius 1 is 1.42 bits per heavy atom. The molecule has 1 atom stereocenters. The number of amides is 1. The van der Waals surface area contributed by atoms with Gasteiger partial charge in [0.2, 0.25) is 5.82 Å². The van der Waals surface area contributed by atoms with E-state index in [1.807, 2.05) is 31.2 Å². The highest BCUT2D eigenvalue weighted by Crippen LogP contribution is 2.21. The molecule has 1 saturated heterocycles. The molecule has 3 rings (SSSR count). The lowest BCUT2D eigenvalue weighted by atomic mass is 10.1. The van der Waals surface area contributed by atoms with Crippen LogP contribution in [0.2, 0.25) is 0 Å². The zero-order chi connectivity index (χ0) is 16.9. The number of primary amides is 1. The molecule has 0 saturated carbocycles. The number of carbonyl (C=O) groups is 1. The van der Waals surface area contributed by atoms with E-state index in [-0.39, 0.29) is 11.9 Å². The molecule has 0 bridgehead atoms. The molecule has 0 aliphatic carbocycles. The SMILES string of the molecule is Cc1ccccc1OCCN1CCCC(n2cnc(C(N)=O)n2)C1. The molecule has 0 spiro atoms. The Kier molecular flexibility index (Phi) is 5.10. The van der Waals surface area contributed by atoms with Crippen molar-refractivity contribution < 1.29 is 9.53 Å². The van der Waals surface area contributed by atoms with E-state index in [1.54, 1.807) is 11.0 Å². The van der Waals surface area contributed by atoms with Crippen molar-refractivity contribution in [2.45, 2.75) is 25.8 Å². The maximum atomic E-state index is 11.1. The van der Waals surface area contributed by atoms with E-state index >= 15 is 0 Å². The number of piperidine rings is 1. The van der Waals surface area contributed by atoms with Crippen LogP contribution in [-0.4, -0.2) is 51.8 Å². The van der Waals surface area contributed by atoms with Crippen molar-refractivity contribution in [1.82, 2.24) is 19.7 Å². The average molecular weight is 329 g/mol. The van der Waals surface area contributed by atoms with Gasteiger partial charge in [-0.2, -0.15) is 0 Å². The minimum Gasteiger partial charge on any atom is -0.492 e. The number of hydrogen-bond acceptors (Lipinski definition) is 5. The molecule has 24 heavy (non-hydrogen) atoms. The zero-order valence-electron chi connectivity index (χ0n) is 13.9. The van der Waals surface area contributed by atoms with Crippen molar-refractivity contribution >= 4 is 5.91 Å². The first-order valence-electron chi connectivity index (χ1n) is 8.25. The Hall–Kier alpha value is -2.41. The molecule has 2 aromatic rings. The van der Waals surface area contributed by atoms with Crippen LogP contribution in [-0.2, 0) is 0 Å².